The number of carbonyl (C=O) groups excluding carboxylic acids is 1. The number of likely N-dealkylation sites (N-methyl/N-ethyl adjacent to an activating group) is 2. The summed E-state index contributed by atoms with van der Waals surface area (Å²) in [5, 5.41) is 0. The average Bonchev–Trinajstić information content (AvgIpc) is 3.01. The van der Waals surface area contributed by atoms with Gasteiger partial charge in [0.15, 0.2) is 0 Å². The van der Waals surface area contributed by atoms with Crippen LogP contribution in [0.2, 0.25) is 4.34 Å². The number of amides is 1. The van der Waals surface area contributed by atoms with E-state index >= 15 is 0 Å². The monoisotopic (exact) mass is 430 g/mol. The van der Waals surface area contributed by atoms with Gasteiger partial charge in [0.25, 0.3) is 10.0 Å². The summed E-state index contributed by atoms with van der Waals surface area (Å²) >= 11 is 6.91. The highest BCUT2D eigenvalue weighted by Gasteiger charge is 2.54. The predicted molar refractivity (Wildman–Crippen MR) is 107 cm³/mol. The van der Waals surface area contributed by atoms with E-state index in [1.54, 1.807) is 6.07 Å². The summed E-state index contributed by atoms with van der Waals surface area (Å²) < 4.78 is 27.3. The van der Waals surface area contributed by atoms with Gasteiger partial charge >= 0.3 is 0 Å². The molecule has 1 amide bonds. The number of hydrogen-bond acceptors (Lipinski definition) is 4. The molecule has 1 aromatic rings. The van der Waals surface area contributed by atoms with Gasteiger partial charge in [-0.2, -0.15) is 4.31 Å². The van der Waals surface area contributed by atoms with Gasteiger partial charge < -0.3 is 4.90 Å². The van der Waals surface area contributed by atoms with Crippen molar-refractivity contribution in [2.75, 3.05) is 20.1 Å². The number of sulfonamides is 1. The molecule has 5 rings (SSSR count). The van der Waals surface area contributed by atoms with Gasteiger partial charge in [-0.05, 0) is 75.3 Å². The van der Waals surface area contributed by atoms with E-state index in [1.165, 1.54) is 36.7 Å². The van der Waals surface area contributed by atoms with E-state index in [1.807, 2.05) is 11.8 Å². The Labute approximate surface area is 170 Å². The molecule has 0 aromatic carbocycles. The molecule has 150 valence electrons. The van der Waals surface area contributed by atoms with Crippen molar-refractivity contribution in [3.05, 3.63) is 16.5 Å². The second kappa shape index (κ2) is 7.01. The van der Waals surface area contributed by atoms with Crippen LogP contribution in [0.25, 0.3) is 0 Å². The van der Waals surface area contributed by atoms with E-state index in [-0.39, 0.29) is 22.2 Å². The van der Waals surface area contributed by atoms with Crippen molar-refractivity contribution < 1.29 is 13.2 Å². The minimum absolute atomic E-state index is 0.0442. The Hall–Kier alpha value is -0.630. The van der Waals surface area contributed by atoms with Gasteiger partial charge in [-0.3, -0.25) is 4.79 Å². The molecule has 1 heterocycles. The van der Waals surface area contributed by atoms with Crippen LogP contribution in [0.15, 0.2) is 16.3 Å². The summed E-state index contributed by atoms with van der Waals surface area (Å²) in [6.07, 6.45) is 7.23. The Morgan fingerprint density at radius 2 is 1.74 bits per heavy atom. The molecule has 4 aliphatic rings. The summed E-state index contributed by atoms with van der Waals surface area (Å²) in [7, 11) is -2.21. The van der Waals surface area contributed by atoms with Crippen LogP contribution in [0.1, 0.15) is 45.4 Å². The largest absolute Gasteiger partial charge is 0.336 e. The fraction of sp³-hybridized carbons (Fsp3) is 0.737. The molecule has 0 saturated heterocycles. The average molecular weight is 431 g/mol. The quantitative estimate of drug-likeness (QED) is 0.688. The third-order valence-corrected chi connectivity index (χ3v) is 10.3. The zero-order valence-electron chi connectivity index (χ0n) is 15.9. The van der Waals surface area contributed by atoms with Gasteiger partial charge in [0.05, 0.1) is 10.9 Å². The van der Waals surface area contributed by atoms with Crippen molar-refractivity contribution in [2.45, 2.75) is 55.2 Å². The Morgan fingerprint density at radius 1 is 1.19 bits per heavy atom. The molecule has 0 radical (unpaired) electrons. The molecular weight excluding hydrogens is 404 g/mol. The van der Waals surface area contributed by atoms with Crippen molar-refractivity contribution in [1.29, 1.82) is 0 Å². The lowest BCUT2D eigenvalue weighted by atomic mass is 9.52. The Kier molecular flexibility index (Phi) is 5.11. The molecule has 4 saturated carbocycles. The van der Waals surface area contributed by atoms with Gasteiger partial charge in [0.1, 0.15) is 4.21 Å². The van der Waals surface area contributed by atoms with Crippen molar-refractivity contribution in [2.24, 2.45) is 17.8 Å². The van der Waals surface area contributed by atoms with Crippen LogP contribution in [-0.4, -0.2) is 49.2 Å². The molecule has 0 atom stereocenters. The maximum atomic E-state index is 13.2. The maximum Gasteiger partial charge on any atom is 0.252 e. The van der Waals surface area contributed by atoms with E-state index < -0.39 is 10.0 Å². The smallest absolute Gasteiger partial charge is 0.252 e. The Morgan fingerprint density at radius 3 is 2.19 bits per heavy atom. The number of nitrogens with zero attached hydrogens (tertiary/aromatic N) is 2. The molecule has 0 spiro atoms. The molecule has 5 nitrogen and oxygen atoms in total. The van der Waals surface area contributed by atoms with E-state index in [0.717, 1.165) is 48.4 Å². The summed E-state index contributed by atoms with van der Waals surface area (Å²) in [4.78, 5) is 15.2. The van der Waals surface area contributed by atoms with Crippen LogP contribution in [0.3, 0.4) is 0 Å². The third-order valence-electron chi connectivity index (χ3n) is 6.77. The maximum absolute atomic E-state index is 13.2. The Bertz CT molecular complexity index is 800. The Balaban J connectivity index is 1.51. The normalized spacial score (nSPS) is 32.2. The molecule has 4 aliphatic carbocycles. The summed E-state index contributed by atoms with van der Waals surface area (Å²) in [6.45, 7) is 2.54. The van der Waals surface area contributed by atoms with Crippen LogP contribution < -0.4 is 0 Å². The van der Waals surface area contributed by atoms with Crippen LogP contribution >= 0.6 is 22.9 Å². The first kappa shape index (κ1) is 19.7. The van der Waals surface area contributed by atoms with Crippen LogP contribution in [0.4, 0.5) is 0 Å². The summed E-state index contributed by atoms with van der Waals surface area (Å²) in [6, 6.07) is 3.07. The van der Waals surface area contributed by atoms with Crippen molar-refractivity contribution in [3.63, 3.8) is 0 Å². The lowest BCUT2D eigenvalue weighted by Crippen LogP contribution is -2.62. The fourth-order valence-corrected chi connectivity index (χ4v) is 8.94. The number of rotatable bonds is 6. The first-order valence-electron chi connectivity index (χ1n) is 9.75. The second-order valence-electron chi connectivity index (χ2n) is 8.60. The first-order valence-corrected chi connectivity index (χ1v) is 12.4. The van der Waals surface area contributed by atoms with E-state index in [9.17, 15) is 13.2 Å². The zero-order chi connectivity index (χ0) is 19.4. The summed E-state index contributed by atoms with van der Waals surface area (Å²) in [5.74, 6) is 2.15. The van der Waals surface area contributed by atoms with Gasteiger partial charge in [-0.25, -0.2) is 8.42 Å². The molecule has 0 aliphatic heterocycles. The van der Waals surface area contributed by atoms with E-state index in [4.69, 9.17) is 11.6 Å². The number of carbonyl (C=O) groups is 1. The summed E-state index contributed by atoms with van der Waals surface area (Å²) in [5.41, 5.74) is -0.0442. The van der Waals surface area contributed by atoms with Crippen molar-refractivity contribution >= 4 is 38.9 Å². The van der Waals surface area contributed by atoms with Gasteiger partial charge in [0.2, 0.25) is 5.91 Å². The van der Waals surface area contributed by atoms with Crippen LogP contribution in [0, 0.1) is 17.8 Å². The number of hydrogen-bond donors (Lipinski definition) is 0. The lowest BCUT2D eigenvalue weighted by molar-refractivity contribution is -0.150. The van der Waals surface area contributed by atoms with Crippen molar-refractivity contribution in [1.82, 2.24) is 9.21 Å². The predicted octanol–water partition coefficient (Wildman–Crippen LogP) is 3.84. The van der Waals surface area contributed by atoms with Gasteiger partial charge in [-0.1, -0.05) is 11.6 Å². The number of halogens is 1. The minimum Gasteiger partial charge on any atom is -0.336 e. The van der Waals surface area contributed by atoms with Crippen molar-refractivity contribution in [3.8, 4) is 0 Å². The van der Waals surface area contributed by atoms with Crippen LogP contribution in [-0.2, 0) is 14.8 Å². The van der Waals surface area contributed by atoms with E-state index in [0.29, 0.717) is 10.9 Å². The molecule has 0 N–H and O–H groups in total. The molecule has 4 fully saturated rings. The molecule has 0 unspecified atom stereocenters. The molecule has 4 bridgehead atoms. The SMILES string of the molecule is CCN(C(=O)CN(C)S(=O)(=O)c1ccc(Cl)s1)C12CC3CC(CC(C3)C1)C2. The number of thiophene rings is 1. The standard InChI is InChI=1S/C19H27ClN2O3S2/c1-3-22(19-9-13-6-14(10-19)8-15(7-13)11-19)17(23)12-21(2)27(24,25)18-5-4-16(20)26-18/h4-5,13-15H,3,6-12H2,1-2H3. The lowest BCUT2D eigenvalue weighted by Gasteiger charge is -2.60. The fourth-order valence-electron chi connectivity index (χ4n) is 6.12. The van der Waals surface area contributed by atoms with Gasteiger partial charge in [-0.15, -0.1) is 11.3 Å². The second-order valence-corrected chi connectivity index (χ2v) is 12.6. The highest BCUT2D eigenvalue weighted by Crippen LogP contribution is 2.57. The zero-order valence-corrected chi connectivity index (χ0v) is 18.2. The topological polar surface area (TPSA) is 57.7 Å². The highest BCUT2D eigenvalue weighted by molar-refractivity contribution is 7.91. The molecular formula is C19H27ClN2O3S2. The van der Waals surface area contributed by atoms with Crippen LogP contribution in [0.5, 0.6) is 0 Å². The van der Waals surface area contributed by atoms with Gasteiger partial charge in [0, 0.05) is 19.1 Å². The highest BCUT2D eigenvalue weighted by atomic mass is 35.5. The van der Waals surface area contributed by atoms with E-state index in [2.05, 4.69) is 0 Å². The first-order chi connectivity index (χ1) is 12.7. The third kappa shape index (κ3) is 3.45. The molecule has 1 aromatic heterocycles. The molecule has 8 heteroatoms. The minimum atomic E-state index is -3.69. The molecule has 27 heavy (non-hydrogen) atoms.